The molecule has 5 nitrogen and oxygen atoms in total. The molecule has 96 valence electrons. The number of piperidine rings is 1. The van der Waals surface area contributed by atoms with Gasteiger partial charge in [-0.05, 0) is 31.6 Å². The van der Waals surface area contributed by atoms with Crippen LogP contribution in [0.3, 0.4) is 0 Å². The van der Waals surface area contributed by atoms with E-state index in [0.717, 1.165) is 19.3 Å². The average Bonchev–Trinajstić information content (AvgIpc) is 2.28. The molecule has 4 unspecified atom stereocenters. The van der Waals surface area contributed by atoms with Crippen molar-refractivity contribution in [2.24, 2.45) is 11.8 Å². The second-order valence-electron chi connectivity index (χ2n) is 5.12. The summed E-state index contributed by atoms with van der Waals surface area (Å²) in [6, 6.07) is -0.295. The van der Waals surface area contributed by atoms with E-state index in [9.17, 15) is 14.7 Å². The van der Waals surface area contributed by atoms with Gasteiger partial charge in [0, 0.05) is 13.5 Å². The highest BCUT2D eigenvalue weighted by Gasteiger charge is 2.46. The van der Waals surface area contributed by atoms with Crippen LogP contribution in [-0.4, -0.2) is 45.7 Å². The van der Waals surface area contributed by atoms with Crippen molar-refractivity contribution in [2.45, 2.75) is 44.8 Å². The van der Waals surface area contributed by atoms with E-state index in [1.54, 1.807) is 4.90 Å². The van der Waals surface area contributed by atoms with Gasteiger partial charge in [0.05, 0.1) is 18.1 Å². The number of rotatable bonds is 1. The molecule has 1 amide bonds. The minimum Gasteiger partial charge on any atom is -0.481 e. The number of hydrogen-bond acceptors (Lipinski definition) is 3. The largest absolute Gasteiger partial charge is 0.481 e. The van der Waals surface area contributed by atoms with E-state index >= 15 is 0 Å². The summed E-state index contributed by atoms with van der Waals surface area (Å²) in [4.78, 5) is 24.3. The minimum absolute atomic E-state index is 0.0650. The number of aliphatic carboxylic acids is 1. The summed E-state index contributed by atoms with van der Waals surface area (Å²) in [5, 5.41) is 19.2. The molecule has 1 aliphatic carbocycles. The highest BCUT2D eigenvalue weighted by Crippen LogP contribution is 2.38. The Labute approximate surface area is 100 Å². The Hall–Kier alpha value is -1.10. The average molecular weight is 241 g/mol. The van der Waals surface area contributed by atoms with Crippen molar-refractivity contribution in [2.75, 3.05) is 6.54 Å². The highest BCUT2D eigenvalue weighted by atomic mass is 16.4. The maximum atomic E-state index is 11.5. The number of carbonyl (C=O) groups is 2. The fourth-order valence-electron chi connectivity index (χ4n) is 3.32. The van der Waals surface area contributed by atoms with Gasteiger partial charge >= 0.3 is 5.97 Å². The quantitative estimate of drug-likeness (QED) is 0.699. The van der Waals surface area contributed by atoms with Gasteiger partial charge in [0.25, 0.3) is 0 Å². The van der Waals surface area contributed by atoms with Gasteiger partial charge in [-0.3, -0.25) is 9.59 Å². The van der Waals surface area contributed by atoms with Gasteiger partial charge in [0.15, 0.2) is 0 Å². The molecule has 2 rings (SSSR count). The van der Waals surface area contributed by atoms with Crippen LogP contribution in [-0.2, 0) is 9.59 Å². The number of aliphatic hydroxyl groups is 1. The Balaban J connectivity index is 2.21. The first-order valence-corrected chi connectivity index (χ1v) is 6.20. The molecule has 1 saturated carbocycles. The molecule has 0 aromatic carbocycles. The van der Waals surface area contributed by atoms with Crippen molar-refractivity contribution in [3.63, 3.8) is 0 Å². The second-order valence-corrected chi connectivity index (χ2v) is 5.12. The van der Waals surface area contributed by atoms with Gasteiger partial charge in [-0.15, -0.1) is 0 Å². The number of fused-ring (bicyclic) bond motifs is 1. The Morgan fingerprint density at radius 2 is 1.94 bits per heavy atom. The number of carboxylic acid groups (broad SMARTS) is 1. The number of hydrogen-bond donors (Lipinski definition) is 2. The van der Waals surface area contributed by atoms with Crippen LogP contribution in [0.25, 0.3) is 0 Å². The van der Waals surface area contributed by atoms with Gasteiger partial charge < -0.3 is 15.1 Å². The molecule has 0 aromatic rings. The van der Waals surface area contributed by atoms with Gasteiger partial charge in [-0.2, -0.15) is 0 Å². The van der Waals surface area contributed by atoms with Crippen LogP contribution in [0.4, 0.5) is 0 Å². The van der Waals surface area contributed by atoms with Crippen molar-refractivity contribution < 1.29 is 19.8 Å². The van der Waals surface area contributed by atoms with E-state index in [-0.39, 0.29) is 17.9 Å². The zero-order valence-electron chi connectivity index (χ0n) is 10.0. The minimum atomic E-state index is -0.954. The molecule has 0 radical (unpaired) electrons. The molecule has 2 fully saturated rings. The maximum absolute atomic E-state index is 11.5. The monoisotopic (exact) mass is 241 g/mol. The third kappa shape index (κ3) is 2.16. The number of likely N-dealkylation sites (tertiary alicyclic amines) is 1. The van der Waals surface area contributed by atoms with Crippen molar-refractivity contribution in [3.8, 4) is 0 Å². The first kappa shape index (κ1) is 12.4. The molecule has 2 aliphatic rings. The Bertz CT molecular complexity index is 330. The molecule has 0 spiro atoms. The third-order valence-electron chi connectivity index (χ3n) is 4.15. The maximum Gasteiger partial charge on any atom is 0.309 e. The first-order valence-electron chi connectivity index (χ1n) is 6.20. The molecular formula is C12H19NO4. The van der Waals surface area contributed by atoms with Crippen molar-refractivity contribution in [3.05, 3.63) is 0 Å². The van der Waals surface area contributed by atoms with Gasteiger partial charge in [0.2, 0.25) is 5.91 Å². The molecule has 1 aliphatic heterocycles. The third-order valence-corrected chi connectivity index (χ3v) is 4.15. The number of amides is 1. The lowest BCUT2D eigenvalue weighted by molar-refractivity contribution is -0.159. The van der Waals surface area contributed by atoms with Crippen molar-refractivity contribution in [1.29, 1.82) is 0 Å². The van der Waals surface area contributed by atoms with Crippen LogP contribution in [0.1, 0.15) is 32.6 Å². The van der Waals surface area contributed by atoms with E-state index in [2.05, 4.69) is 0 Å². The predicted molar refractivity (Wildman–Crippen MR) is 60.3 cm³/mol. The second kappa shape index (κ2) is 4.64. The zero-order chi connectivity index (χ0) is 12.6. The summed E-state index contributed by atoms with van der Waals surface area (Å²) >= 11 is 0. The summed E-state index contributed by atoms with van der Waals surface area (Å²) in [7, 11) is 0. The molecule has 5 heteroatoms. The lowest BCUT2D eigenvalue weighted by Crippen LogP contribution is -2.58. The number of carbonyl (C=O) groups excluding carboxylic acids is 1. The van der Waals surface area contributed by atoms with E-state index in [4.69, 9.17) is 5.11 Å². The summed E-state index contributed by atoms with van der Waals surface area (Å²) in [6.45, 7) is 2.12. The Kier molecular flexibility index (Phi) is 3.38. The predicted octanol–water partition coefficient (Wildman–Crippen LogP) is 0.469. The Morgan fingerprint density at radius 1 is 1.24 bits per heavy atom. The summed E-state index contributed by atoms with van der Waals surface area (Å²) in [5.74, 6) is -1.48. The summed E-state index contributed by atoms with van der Waals surface area (Å²) in [6.07, 6.45) is 2.32. The molecule has 2 N–H and O–H groups in total. The molecule has 1 saturated heterocycles. The van der Waals surface area contributed by atoms with Crippen LogP contribution < -0.4 is 0 Å². The number of nitrogens with zero attached hydrogens (tertiary/aromatic N) is 1. The van der Waals surface area contributed by atoms with Crippen LogP contribution >= 0.6 is 0 Å². The summed E-state index contributed by atoms with van der Waals surface area (Å²) < 4.78 is 0. The fraction of sp³-hybridized carbons (Fsp3) is 0.833. The molecule has 4 atom stereocenters. The molecule has 0 bridgehead atoms. The van der Waals surface area contributed by atoms with Crippen LogP contribution in [0, 0.1) is 11.8 Å². The molecule has 17 heavy (non-hydrogen) atoms. The number of aliphatic hydroxyl groups excluding tert-OH is 1. The van der Waals surface area contributed by atoms with Gasteiger partial charge in [-0.1, -0.05) is 0 Å². The van der Waals surface area contributed by atoms with Crippen LogP contribution in [0.5, 0.6) is 0 Å². The first-order chi connectivity index (χ1) is 8.02. The van der Waals surface area contributed by atoms with Crippen molar-refractivity contribution in [1.82, 2.24) is 4.90 Å². The van der Waals surface area contributed by atoms with Crippen molar-refractivity contribution >= 4 is 11.9 Å². The van der Waals surface area contributed by atoms with Gasteiger partial charge in [0.1, 0.15) is 0 Å². The van der Waals surface area contributed by atoms with Crippen LogP contribution in [0.15, 0.2) is 0 Å². The topological polar surface area (TPSA) is 77.8 Å². The van der Waals surface area contributed by atoms with Crippen LogP contribution in [0.2, 0.25) is 0 Å². The normalized spacial score (nSPS) is 37.4. The molecule has 1 heterocycles. The highest BCUT2D eigenvalue weighted by molar-refractivity contribution is 5.75. The van der Waals surface area contributed by atoms with E-state index < -0.39 is 18.0 Å². The molecular weight excluding hydrogens is 222 g/mol. The molecule has 0 aromatic heterocycles. The van der Waals surface area contributed by atoms with E-state index in [0.29, 0.717) is 13.0 Å². The van der Waals surface area contributed by atoms with E-state index in [1.807, 2.05) is 0 Å². The number of carboxylic acids is 1. The lowest BCUT2D eigenvalue weighted by Gasteiger charge is -2.48. The Morgan fingerprint density at radius 3 is 2.53 bits per heavy atom. The lowest BCUT2D eigenvalue weighted by atomic mass is 9.72. The SMILES string of the molecule is CC(=O)N1CCCC2CCC(C(=O)O)C(O)C21. The van der Waals surface area contributed by atoms with Gasteiger partial charge in [-0.25, -0.2) is 0 Å². The smallest absolute Gasteiger partial charge is 0.309 e. The zero-order valence-corrected chi connectivity index (χ0v) is 10.0. The van der Waals surface area contributed by atoms with E-state index in [1.165, 1.54) is 6.92 Å². The fourth-order valence-corrected chi connectivity index (χ4v) is 3.32. The standard InChI is InChI=1S/C12H19NO4/c1-7(14)13-6-2-3-8-4-5-9(12(16)17)11(15)10(8)13/h8-11,15H,2-6H2,1H3,(H,16,17). The summed E-state index contributed by atoms with van der Waals surface area (Å²) in [5.41, 5.74) is 0.